The van der Waals surface area contributed by atoms with Crippen molar-refractivity contribution in [3.63, 3.8) is 0 Å². The van der Waals surface area contributed by atoms with E-state index in [1.165, 1.54) is 15.3 Å². The van der Waals surface area contributed by atoms with Crippen molar-refractivity contribution in [1.29, 1.82) is 0 Å². The smallest absolute Gasteiger partial charge is 0.243 e. The Bertz CT molecular complexity index is 1050. The lowest BCUT2D eigenvalue weighted by Gasteiger charge is -2.25. The van der Waals surface area contributed by atoms with Crippen LogP contribution in [-0.4, -0.2) is 57.2 Å². The van der Waals surface area contributed by atoms with Crippen LogP contribution in [-0.2, 0) is 21.3 Å². The molecular formula is C19H22N6O3S. The van der Waals surface area contributed by atoms with Crippen LogP contribution in [0.15, 0.2) is 53.8 Å². The third kappa shape index (κ3) is 4.34. The van der Waals surface area contributed by atoms with E-state index in [0.717, 1.165) is 24.1 Å². The predicted molar refractivity (Wildman–Crippen MR) is 105 cm³/mol. The molecule has 29 heavy (non-hydrogen) atoms. The summed E-state index contributed by atoms with van der Waals surface area (Å²) in [7, 11) is -3.74. The van der Waals surface area contributed by atoms with Gasteiger partial charge in [0, 0.05) is 19.3 Å². The van der Waals surface area contributed by atoms with Gasteiger partial charge in [0.1, 0.15) is 6.33 Å². The SMILES string of the molecule is Cc1cc(S(=O)(=O)N(Cc2ccccn2)CC2CCCO2)ccc1-n1cnnn1. The van der Waals surface area contributed by atoms with Gasteiger partial charge in [0.15, 0.2) is 0 Å². The molecule has 1 unspecified atom stereocenters. The van der Waals surface area contributed by atoms with Crippen molar-refractivity contribution in [3.8, 4) is 5.69 Å². The number of ether oxygens (including phenoxy) is 1. The first-order valence-electron chi connectivity index (χ1n) is 9.40. The topological polar surface area (TPSA) is 103 Å². The molecule has 3 aromatic rings. The number of tetrazole rings is 1. The number of aryl methyl sites for hydroxylation is 1. The monoisotopic (exact) mass is 414 g/mol. The molecule has 0 spiro atoms. The maximum atomic E-state index is 13.5. The number of pyridine rings is 1. The summed E-state index contributed by atoms with van der Waals surface area (Å²) in [6.45, 7) is 2.99. The minimum Gasteiger partial charge on any atom is -0.377 e. The fourth-order valence-corrected chi connectivity index (χ4v) is 4.93. The fourth-order valence-electron chi connectivity index (χ4n) is 3.40. The first-order valence-corrected chi connectivity index (χ1v) is 10.8. The summed E-state index contributed by atoms with van der Waals surface area (Å²) in [6.07, 6.45) is 4.83. The average Bonchev–Trinajstić information content (AvgIpc) is 3.42. The van der Waals surface area contributed by atoms with E-state index in [1.54, 1.807) is 24.4 Å². The molecule has 0 bridgehead atoms. The number of nitrogens with zero attached hydrogens (tertiary/aromatic N) is 6. The maximum absolute atomic E-state index is 13.5. The van der Waals surface area contributed by atoms with Crippen molar-refractivity contribution in [1.82, 2.24) is 29.5 Å². The minimum absolute atomic E-state index is 0.102. The Hall–Kier alpha value is -2.69. The number of hydrogen-bond donors (Lipinski definition) is 0. The summed E-state index contributed by atoms with van der Waals surface area (Å²) in [5, 5.41) is 11.1. The number of sulfonamides is 1. The molecule has 0 radical (unpaired) electrons. The zero-order chi connectivity index (χ0) is 20.3. The van der Waals surface area contributed by atoms with Gasteiger partial charge in [-0.3, -0.25) is 4.98 Å². The van der Waals surface area contributed by atoms with Crippen LogP contribution in [0.2, 0.25) is 0 Å². The van der Waals surface area contributed by atoms with Crippen LogP contribution in [0.5, 0.6) is 0 Å². The molecule has 1 aliphatic heterocycles. The molecule has 1 fully saturated rings. The second-order valence-corrected chi connectivity index (χ2v) is 8.89. The van der Waals surface area contributed by atoms with E-state index in [-0.39, 0.29) is 17.5 Å². The summed E-state index contributed by atoms with van der Waals surface area (Å²) >= 11 is 0. The van der Waals surface area contributed by atoms with Crippen LogP contribution in [0.4, 0.5) is 0 Å². The van der Waals surface area contributed by atoms with Crippen LogP contribution in [0.25, 0.3) is 5.69 Å². The highest BCUT2D eigenvalue weighted by Gasteiger charge is 2.30. The fraction of sp³-hybridized carbons (Fsp3) is 0.368. The number of hydrogen-bond acceptors (Lipinski definition) is 7. The van der Waals surface area contributed by atoms with E-state index < -0.39 is 10.0 Å². The standard InChI is InChI=1S/C19H22N6O3S/c1-15-11-18(7-8-19(15)25-14-21-22-23-25)29(26,27)24(13-17-6-4-10-28-17)12-16-5-2-3-9-20-16/h2-3,5,7-9,11,14,17H,4,6,10,12-13H2,1H3. The third-order valence-electron chi connectivity index (χ3n) is 4.90. The van der Waals surface area contributed by atoms with E-state index >= 15 is 0 Å². The van der Waals surface area contributed by atoms with Crippen molar-refractivity contribution in [2.45, 2.75) is 37.3 Å². The molecule has 0 N–H and O–H groups in total. The van der Waals surface area contributed by atoms with Crippen molar-refractivity contribution >= 4 is 10.0 Å². The van der Waals surface area contributed by atoms with Gasteiger partial charge >= 0.3 is 0 Å². The molecule has 2 aromatic heterocycles. The Morgan fingerprint density at radius 3 is 2.83 bits per heavy atom. The largest absolute Gasteiger partial charge is 0.377 e. The molecule has 1 aliphatic rings. The van der Waals surface area contributed by atoms with Crippen LogP contribution >= 0.6 is 0 Å². The van der Waals surface area contributed by atoms with Crippen molar-refractivity contribution in [2.75, 3.05) is 13.2 Å². The van der Waals surface area contributed by atoms with Gasteiger partial charge in [-0.2, -0.15) is 4.31 Å². The highest BCUT2D eigenvalue weighted by atomic mass is 32.2. The molecule has 9 nitrogen and oxygen atoms in total. The molecule has 0 aliphatic carbocycles. The van der Waals surface area contributed by atoms with Gasteiger partial charge in [-0.05, 0) is 66.1 Å². The Balaban J connectivity index is 1.65. The van der Waals surface area contributed by atoms with Crippen LogP contribution < -0.4 is 0 Å². The van der Waals surface area contributed by atoms with Gasteiger partial charge in [0.2, 0.25) is 10.0 Å². The first-order chi connectivity index (χ1) is 14.0. The number of aromatic nitrogens is 5. The summed E-state index contributed by atoms with van der Waals surface area (Å²) < 4.78 is 35.6. The Kier molecular flexibility index (Phi) is 5.65. The predicted octanol–water partition coefficient (Wildman–Crippen LogP) is 1.74. The van der Waals surface area contributed by atoms with Gasteiger partial charge in [-0.25, -0.2) is 13.1 Å². The second-order valence-electron chi connectivity index (χ2n) is 6.96. The van der Waals surface area contributed by atoms with Gasteiger partial charge in [0.05, 0.1) is 28.9 Å². The quantitative estimate of drug-likeness (QED) is 0.580. The van der Waals surface area contributed by atoms with Gasteiger partial charge in [-0.15, -0.1) is 5.10 Å². The molecule has 152 valence electrons. The summed E-state index contributed by atoms with van der Waals surface area (Å²) in [4.78, 5) is 4.52. The van der Waals surface area contributed by atoms with Crippen LogP contribution in [0.3, 0.4) is 0 Å². The maximum Gasteiger partial charge on any atom is 0.243 e. The molecule has 1 aromatic carbocycles. The highest BCUT2D eigenvalue weighted by Crippen LogP contribution is 2.24. The average molecular weight is 414 g/mol. The first kappa shape index (κ1) is 19.6. The number of rotatable bonds is 7. The summed E-state index contributed by atoms with van der Waals surface area (Å²) in [5.74, 6) is 0. The van der Waals surface area contributed by atoms with E-state index in [0.29, 0.717) is 18.8 Å². The molecule has 1 saturated heterocycles. The van der Waals surface area contributed by atoms with Crippen molar-refractivity contribution in [3.05, 3.63) is 60.2 Å². The second kappa shape index (κ2) is 8.36. The zero-order valence-electron chi connectivity index (χ0n) is 16.0. The number of benzene rings is 1. The zero-order valence-corrected chi connectivity index (χ0v) is 16.9. The molecule has 1 atom stereocenters. The molecular weight excluding hydrogens is 392 g/mol. The Labute approximate surface area is 169 Å². The van der Waals surface area contributed by atoms with Crippen LogP contribution in [0.1, 0.15) is 24.1 Å². The summed E-state index contributed by atoms with van der Waals surface area (Å²) in [5.41, 5.74) is 2.17. The van der Waals surface area contributed by atoms with E-state index in [1.807, 2.05) is 25.1 Å². The molecule has 0 amide bonds. The Morgan fingerprint density at radius 2 is 2.17 bits per heavy atom. The summed E-state index contributed by atoms with van der Waals surface area (Å²) in [6, 6.07) is 10.4. The third-order valence-corrected chi connectivity index (χ3v) is 6.71. The lowest BCUT2D eigenvalue weighted by Crippen LogP contribution is -2.37. The van der Waals surface area contributed by atoms with Gasteiger partial charge < -0.3 is 4.74 Å². The minimum atomic E-state index is -3.74. The Morgan fingerprint density at radius 1 is 1.28 bits per heavy atom. The van der Waals surface area contributed by atoms with Crippen LogP contribution in [0, 0.1) is 6.92 Å². The van der Waals surface area contributed by atoms with E-state index in [4.69, 9.17) is 4.74 Å². The van der Waals surface area contributed by atoms with Crippen molar-refractivity contribution < 1.29 is 13.2 Å². The molecule has 10 heteroatoms. The van der Waals surface area contributed by atoms with E-state index in [2.05, 4.69) is 20.5 Å². The highest BCUT2D eigenvalue weighted by molar-refractivity contribution is 7.89. The van der Waals surface area contributed by atoms with Crippen molar-refractivity contribution in [2.24, 2.45) is 0 Å². The lowest BCUT2D eigenvalue weighted by molar-refractivity contribution is 0.0924. The molecule has 4 rings (SSSR count). The molecule has 3 heterocycles. The van der Waals surface area contributed by atoms with Gasteiger partial charge in [-0.1, -0.05) is 6.07 Å². The lowest BCUT2D eigenvalue weighted by atomic mass is 10.2. The van der Waals surface area contributed by atoms with E-state index in [9.17, 15) is 8.42 Å². The normalized spacial score (nSPS) is 17.1. The molecule has 0 saturated carbocycles. The van der Waals surface area contributed by atoms with Gasteiger partial charge in [0.25, 0.3) is 0 Å².